The highest BCUT2D eigenvalue weighted by molar-refractivity contribution is 9.11. The third kappa shape index (κ3) is 3.34. The fourth-order valence-electron chi connectivity index (χ4n) is 3.91. The zero-order valence-electron chi connectivity index (χ0n) is 15.7. The highest BCUT2D eigenvalue weighted by Gasteiger charge is 2.41. The first-order valence-electron chi connectivity index (χ1n) is 9.35. The molecule has 2 heterocycles. The fourth-order valence-corrected chi connectivity index (χ4v) is 5.26. The van der Waals surface area contributed by atoms with Gasteiger partial charge in [-0.2, -0.15) is 5.10 Å². The molecule has 4 nitrogen and oxygen atoms in total. The summed E-state index contributed by atoms with van der Waals surface area (Å²) in [5.74, 6) is 1.70. The van der Waals surface area contributed by atoms with Crippen molar-refractivity contribution >= 4 is 37.6 Å². The topological polar surface area (TPSA) is 34.1 Å². The zero-order chi connectivity index (χ0) is 20.0. The Morgan fingerprint density at radius 2 is 1.79 bits per heavy atom. The van der Waals surface area contributed by atoms with Crippen LogP contribution in [0, 0.1) is 0 Å². The third-order valence-electron chi connectivity index (χ3n) is 5.32. The van der Waals surface area contributed by atoms with Crippen molar-refractivity contribution < 1.29 is 9.47 Å². The van der Waals surface area contributed by atoms with Crippen LogP contribution in [0.4, 0.5) is 0 Å². The predicted octanol–water partition coefficient (Wildman–Crippen LogP) is 6.46. The molecule has 0 aliphatic carbocycles. The van der Waals surface area contributed by atoms with Crippen molar-refractivity contribution in [3.8, 4) is 11.5 Å². The fraction of sp³-hybridized carbons (Fsp3) is 0.174. The third-order valence-corrected chi connectivity index (χ3v) is 6.36. The van der Waals surface area contributed by atoms with E-state index in [1.807, 2.05) is 48.5 Å². The molecule has 5 rings (SSSR count). The summed E-state index contributed by atoms with van der Waals surface area (Å²) in [6.07, 6.45) is 0.521. The van der Waals surface area contributed by atoms with Crippen LogP contribution < -0.4 is 9.47 Å². The lowest BCUT2D eigenvalue weighted by Gasteiger charge is -2.38. The van der Waals surface area contributed by atoms with E-state index < -0.39 is 0 Å². The molecule has 0 radical (unpaired) electrons. The number of ether oxygens (including phenoxy) is 2. The number of fused-ring (bicyclic) bond motifs is 3. The van der Waals surface area contributed by atoms with Gasteiger partial charge in [0.05, 0.1) is 23.3 Å². The normalized spacial score (nSPS) is 19.8. The lowest BCUT2D eigenvalue weighted by Crippen LogP contribution is -2.33. The van der Waals surface area contributed by atoms with Crippen molar-refractivity contribution in [2.75, 3.05) is 7.11 Å². The molecule has 29 heavy (non-hydrogen) atoms. The van der Waals surface area contributed by atoms with Crippen molar-refractivity contribution in [2.24, 2.45) is 5.10 Å². The molecule has 0 spiro atoms. The molecule has 2 aliphatic heterocycles. The number of benzene rings is 3. The molecule has 0 saturated heterocycles. The average Bonchev–Trinajstić information content (AvgIpc) is 3.20. The second kappa shape index (κ2) is 7.50. The summed E-state index contributed by atoms with van der Waals surface area (Å²) in [6, 6.07) is 22.6. The van der Waals surface area contributed by atoms with Crippen LogP contribution in [0.5, 0.6) is 11.5 Å². The summed E-state index contributed by atoms with van der Waals surface area (Å²) in [4.78, 5) is 0. The lowest BCUT2D eigenvalue weighted by molar-refractivity contribution is -0.0197. The van der Waals surface area contributed by atoms with Gasteiger partial charge in [-0.1, -0.05) is 46.3 Å². The van der Waals surface area contributed by atoms with Crippen LogP contribution in [0.1, 0.15) is 35.4 Å². The number of halogens is 2. The van der Waals surface area contributed by atoms with Crippen LogP contribution in [-0.2, 0) is 0 Å². The van der Waals surface area contributed by atoms with Gasteiger partial charge in [-0.3, -0.25) is 0 Å². The second-order valence-corrected chi connectivity index (χ2v) is 8.83. The Balaban J connectivity index is 1.61. The molecule has 0 bridgehead atoms. The van der Waals surface area contributed by atoms with Gasteiger partial charge in [0.2, 0.25) is 6.23 Å². The minimum Gasteiger partial charge on any atom is -0.497 e. The molecule has 146 valence electrons. The van der Waals surface area contributed by atoms with E-state index >= 15 is 0 Å². The zero-order valence-corrected chi connectivity index (χ0v) is 18.9. The van der Waals surface area contributed by atoms with Crippen molar-refractivity contribution in [3.63, 3.8) is 0 Å². The van der Waals surface area contributed by atoms with Gasteiger partial charge in [0.25, 0.3) is 0 Å². The van der Waals surface area contributed by atoms with E-state index in [9.17, 15) is 0 Å². The van der Waals surface area contributed by atoms with Crippen molar-refractivity contribution in [1.29, 1.82) is 0 Å². The number of rotatable bonds is 3. The van der Waals surface area contributed by atoms with Gasteiger partial charge in [0.1, 0.15) is 11.5 Å². The van der Waals surface area contributed by atoms with Crippen LogP contribution in [0.2, 0.25) is 0 Å². The van der Waals surface area contributed by atoms with Crippen LogP contribution in [0.15, 0.2) is 80.8 Å². The molecule has 3 aromatic rings. The Morgan fingerprint density at radius 1 is 1.03 bits per heavy atom. The molecule has 0 N–H and O–H groups in total. The highest BCUT2D eigenvalue weighted by atomic mass is 79.9. The van der Waals surface area contributed by atoms with E-state index in [4.69, 9.17) is 14.6 Å². The molecule has 0 amide bonds. The Bertz CT molecular complexity index is 1080. The molecule has 6 heteroatoms. The minimum absolute atomic E-state index is 0.106. The maximum Gasteiger partial charge on any atom is 0.213 e. The van der Waals surface area contributed by atoms with Crippen molar-refractivity contribution in [1.82, 2.24) is 5.01 Å². The quantitative estimate of drug-likeness (QED) is 0.403. The van der Waals surface area contributed by atoms with E-state index in [1.165, 1.54) is 0 Å². The molecular weight excluding hydrogens is 496 g/mol. The lowest BCUT2D eigenvalue weighted by atomic mass is 9.96. The maximum atomic E-state index is 6.49. The summed E-state index contributed by atoms with van der Waals surface area (Å²) in [7, 11) is 1.67. The summed E-state index contributed by atoms with van der Waals surface area (Å²) in [5, 5.41) is 7.09. The first kappa shape index (κ1) is 18.7. The van der Waals surface area contributed by atoms with Gasteiger partial charge in [0.15, 0.2) is 0 Å². The largest absolute Gasteiger partial charge is 0.497 e. The van der Waals surface area contributed by atoms with Gasteiger partial charge in [0, 0.05) is 22.0 Å². The van der Waals surface area contributed by atoms with Gasteiger partial charge in [-0.05, 0) is 57.9 Å². The summed E-state index contributed by atoms with van der Waals surface area (Å²) in [6.45, 7) is 0. The number of hydrazone groups is 1. The molecule has 0 saturated carbocycles. The first-order valence-corrected chi connectivity index (χ1v) is 10.9. The molecule has 0 fully saturated rings. The van der Waals surface area contributed by atoms with E-state index in [-0.39, 0.29) is 12.3 Å². The SMILES string of the molecule is COc1ccc([C@@H]2Oc3c(Br)cc(Br)cc3[C@@H]3CC(c4ccccc4)=NN32)cc1. The van der Waals surface area contributed by atoms with Crippen LogP contribution >= 0.6 is 31.9 Å². The van der Waals surface area contributed by atoms with E-state index in [2.05, 4.69) is 55.1 Å². The van der Waals surface area contributed by atoms with E-state index in [1.54, 1.807) is 7.11 Å². The Morgan fingerprint density at radius 3 is 2.52 bits per heavy atom. The van der Waals surface area contributed by atoms with Crippen molar-refractivity contribution in [3.05, 3.63) is 92.4 Å². The van der Waals surface area contributed by atoms with Crippen molar-refractivity contribution in [2.45, 2.75) is 18.7 Å². The molecule has 0 unspecified atom stereocenters. The predicted molar refractivity (Wildman–Crippen MR) is 120 cm³/mol. The molecule has 2 aliphatic rings. The minimum atomic E-state index is -0.308. The Labute approximate surface area is 186 Å². The van der Waals surface area contributed by atoms with Gasteiger partial charge in [-0.15, -0.1) is 0 Å². The van der Waals surface area contributed by atoms with E-state index in [0.717, 1.165) is 49.3 Å². The maximum absolute atomic E-state index is 6.49. The van der Waals surface area contributed by atoms with Crippen LogP contribution in [0.25, 0.3) is 0 Å². The van der Waals surface area contributed by atoms with Crippen LogP contribution in [0.3, 0.4) is 0 Å². The van der Waals surface area contributed by atoms with Gasteiger partial charge >= 0.3 is 0 Å². The monoisotopic (exact) mass is 512 g/mol. The smallest absolute Gasteiger partial charge is 0.213 e. The number of nitrogens with zero attached hydrogens (tertiary/aromatic N) is 2. The highest BCUT2D eigenvalue weighted by Crippen LogP contribution is 2.50. The number of methoxy groups -OCH3 is 1. The number of hydrogen-bond donors (Lipinski definition) is 0. The second-order valence-electron chi connectivity index (χ2n) is 7.06. The molecule has 2 atom stereocenters. The summed E-state index contributed by atoms with van der Waals surface area (Å²) in [5.41, 5.74) is 4.38. The Kier molecular flexibility index (Phi) is 4.84. The Hall–Kier alpha value is -2.31. The van der Waals surface area contributed by atoms with E-state index in [0.29, 0.717) is 0 Å². The standard InChI is InChI=1S/C23H18Br2N2O2/c1-28-17-9-7-15(8-10-17)23-27-21(13-20(26-27)14-5-3-2-4-6-14)18-11-16(24)12-19(25)22(18)29-23/h2-12,21,23H,13H2,1H3/t21-,23-/m0/s1. The average molecular weight is 514 g/mol. The molecule has 0 aromatic heterocycles. The van der Waals surface area contributed by atoms with Gasteiger partial charge in [-0.25, -0.2) is 5.01 Å². The first-order chi connectivity index (χ1) is 14.1. The molecule has 3 aromatic carbocycles. The number of hydrogen-bond acceptors (Lipinski definition) is 4. The van der Waals surface area contributed by atoms with Crippen LogP contribution in [-0.4, -0.2) is 17.8 Å². The summed E-state index contributed by atoms with van der Waals surface area (Å²) < 4.78 is 13.8. The summed E-state index contributed by atoms with van der Waals surface area (Å²) >= 11 is 7.30. The van der Waals surface area contributed by atoms with Gasteiger partial charge < -0.3 is 9.47 Å². The molecular formula is C23H18Br2N2O2.